The first-order valence-electron chi connectivity index (χ1n) is 7.52. The van der Waals surface area contributed by atoms with E-state index < -0.39 is 11.9 Å². The number of benzene rings is 1. The lowest BCUT2D eigenvalue weighted by Gasteiger charge is -2.17. The van der Waals surface area contributed by atoms with Crippen LogP contribution in [0.2, 0.25) is 0 Å². The predicted octanol–water partition coefficient (Wildman–Crippen LogP) is 3.47. The summed E-state index contributed by atoms with van der Waals surface area (Å²) < 4.78 is 24.2. The molecule has 0 aliphatic carbocycles. The van der Waals surface area contributed by atoms with Crippen LogP contribution >= 0.6 is 0 Å². The van der Waals surface area contributed by atoms with Crippen LogP contribution in [-0.2, 0) is 4.79 Å². The highest BCUT2D eigenvalue weighted by Gasteiger charge is 2.20. The minimum Gasteiger partial charge on any atom is -0.478 e. The molecule has 0 bridgehead atoms. The van der Waals surface area contributed by atoms with E-state index in [4.69, 9.17) is 9.26 Å². The number of para-hydroxylation sites is 1. The molecule has 3 rings (SSSR count). The van der Waals surface area contributed by atoms with Crippen molar-refractivity contribution >= 4 is 22.7 Å². The maximum absolute atomic E-state index is 13.7. The smallest absolute Gasteiger partial charge is 0.265 e. The predicted molar refractivity (Wildman–Crippen MR) is 86.3 cm³/mol. The van der Waals surface area contributed by atoms with Gasteiger partial charge in [-0.15, -0.1) is 0 Å². The second-order valence-corrected chi connectivity index (χ2v) is 5.28. The van der Waals surface area contributed by atoms with Gasteiger partial charge in [0.2, 0.25) is 0 Å². The van der Waals surface area contributed by atoms with Gasteiger partial charge in [0.1, 0.15) is 0 Å². The molecule has 0 aliphatic heterocycles. The summed E-state index contributed by atoms with van der Waals surface area (Å²) in [6, 6.07) is 7.70. The maximum atomic E-state index is 13.7. The van der Waals surface area contributed by atoms with Crippen molar-refractivity contribution in [3.63, 3.8) is 0 Å². The molecule has 24 heavy (non-hydrogen) atoms. The van der Waals surface area contributed by atoms with E-state index in [2.05, 4.69) is 15.5 Å². The number of carbonyl (C=O) groups excluding carboxylic acids is 1. The minimum absolute atomic E-state index is 0.0444. The number of hydrogen-bond acceptors (Lipinski definition) is 5. The van der Waals surface area contributed by atoms with Gasteiger partial charge in [0.05, 0.1) is 23.0 Å². The van der Waals surface area contributed by atoms with Gasteiger partial charge in [0.25, 0.3) is 11.6 Å². The lowest BCUT2D eigenvalue weighted by atomic mass is 10.2. The summed E-state index contributed by atoms with van der Waals surface area (Å²) >= 11 is 0. The number of aryl methyl sites for hydroxylation is 1. The van der Waals surface area contributed by atoms with Crippen LogP contribution in [0.25, 0.3) is 11.1 Å². The molecule has 1 atom stereocenters. The number of halogens is 1. The largest absolute Gasteiger partial charge is 0.478 e. The highest BCUT2D eigenvalue weighted by atomic mass is 19.1. The van der Waals surface area contributed by atoms with Crippen molar-refractivity contribution in [1.82, 2.24) is 10.1 Å². The molecule has 0 unspecified atom stereocenters. The molecule has 1 aromatic carbocycles. The van der Waals surface area contributed by atoms with E-state index in [1.54, 1.807) is 32.0 Å². The molecule has 6 nitrogen and oxygen atoms in total. The van der Waals surface area contributed by atoms with Gasteiger partial charge < -0.3 is 14.6 Å². The van der Waals surface area contributed by atoms with Crippen LogP contribution < -0.4 is 10.1 Å². The summed E-state index contributed by atoms with van der Waals surface area (Å²) in [5.74, 6) is -0.842. The van der Waals surface area contributed by atoms with Crippen LogP contribution in [0.5, 0.6) is 5.75 Å². The van der Waals surface area contributed by atoms with Crippen LogP contribution in [0.3, 0.4) is 0 Å². The lowest BCUT2D eigenvalue weighted by molar-refractivity contribution is -0.122. The molecule has 7 heteroatoms. The zero-order valence-electron chi connectivity index (χ0n) is 13.2. The Hall–Kier alpha value is -2.96. The Kier molecular flexibility index (Phi) is 4.41. The van der Waals surface area contributed by atoms with Crippen molar-refractivity contribution in [1.29, 1.82) is 0 Å². The van der Waals surface area contributed by atoms with Crippen molar-refractivity contribution in [2.45, 2.75) is 26.4 Å². The number of nitrogens with one attached hydrogen (secondary N) is 1. The number of anilines is 1. The van der Waals surface area contributed by atoms with E-state index >= 15 is 0 Å². The van der Waals surface area contributed by atoms with Gasteiger partial charge in [-0.05, 0) is 31.5 Å². The van der Waals surface area contributed by atoms with Gasteiger partial charge in [-0.3, -0.25) is 4.79 Å². The average Bonchev–Trinajstić information content (AvgIpc) is 2.95. The zero-order valence-corrected chi connectivity index (χ0v) is 13.2. The van der Waals surface area contributed by atoms with Gasteiger partial charge in [-0.25, -0.2) is 9.37 Å². The number of rotatable bonds is 5. The van der Waals surface area contributed by atoms with Gasteiger partial charge in [0, 0.05) is 0 Å². The first kappa shape index (κ1) is 15.9. The van der Waals surface area contributed by atoms with Crippen LogP contribution in [-0.4, -0.2) is 22.2 Å². The van der Waals surface area contributed by atoms with Crippen molar-refractivity contribution in [3.05, 3.63) is 48.0 Å². The van der Waals surface area contributed by atoms with E-state index in [-0.39, 0.29) is 11.7 Å². The molecule has 2 aromatic heterocycles. The van der Waals surface area contributed by atoms with Gasteiger partial charge in [-0.1, -0.05) is 24.2 Å². The Morgan fingerprint density at radius 2 is 2.21 bits per heavy atom. The molecule has 0 fully saturated rings. The Balaban J connectivity index is 1.76. The Morgan fingerprint density at radius 1 is 1.42 bits per heavy atom. The third-order valence-electron chi connectivity index (χ3n) is 3.55. The van der Waals surface area contributed by atoms with Crippen LogP contribution in [0.4, 0.5) is 10.1 Å². The molecular weight excluding hydrogens is 313 g/mol. The first-order chi connectivity index (χ1) is 11.6. The van der Waals surface area contributed by atoms with Crippen LogP contribution in [0.1, 0.15) is 19.0 Å². The zero-order chi connectivity index (χ0) is 17.1. The normalized spacial score (nSPS) is 12.1. The number of pyridine rings is 1. The molecule has 0 saturated carbocycles. The van der Waals surface area contributed by atoms with Crippen LogP contribution in [0.15, 0.2) is 41.1 Å². The molecule has 0 aliphatic rings. The third kappa shape index (κ3) is 3.19. The first-order valence-corrected chi connectivity index (χ1v) is 7.52. The highest BCUT2D eigenvalue weighted by Crippen LogP contribution is 2.21. The molecule has 0 spiro atoms. The van der Waals surface area contributed by atoms with Crippen molar-refractivity contribution < 1.29 is 18.4 Å². The Morgan fingerprint density at radius 3 is 2.96 bits per heavy atom. The molecule has 0 radical (unpaired) electrons. The van der Waals surface area contributed by atoms with Gasteiger partial charge >= 0.3 is 0 Å². The summed E-state index contributed by atoms with van der Waals surface area (Å²) in [7, 11) is 0. The summed E-state index contributed by atoms with van der Waals surface area (Å²) in [6.07, 6.45) is 1.05. The van der Waals surface area contributed by atoms with E-state index in [1.807, 2.05) is 0 Å². The summed E-state index contributed by atoms with van der Waals surface area (Å²) in [6.45, 7) is 3.58. The number of ether oxygens (including phenoxy) is 1. The molecule has 1 amide bonds. The summed E-state index contributed by atoms with van der Waals surface area (Å²) in [5, 5.41) is 7.26. The molecule has 124 valence electrons. The quantitative estimate of drug-likeness (QED) is 0.775. The standard InChI is InChI=1S/C17H16FN3O3/c1-3-14(23-15-7-5-4-6-13(15)18)16(22)20-11-8-12-10(2)21-24-17(12)19-9-11/h4-9,14H,3H2,1-2H3,(H,20,22)/t14-/m0/s1. The number of carbonyl (C=O) groups is 1. The lowest BCUT2D eigenvalue weighted by Crippen LogP contribution is -2.32. The van der Waals surface area contributed by atoms with Gasteiger partial charge in [0.15, 0.2) is 17.7 Å². The third-order valence-corrected chi connectivity index (χ3v) is 3.55. The molecule has 3 aromatic rings. The number of hydrogen-bond donors (Lipinski definition) is 1. The average molecular weight is 329 g/mol. The van der Waals surface area contributed by atoms with E-state index in [1.165, 1.54) is 18.3 Å². The summed E-state index contributed by atoms with van der Waals surface area (Å²) in [5.41, 5.74) is 1.58. The number of fused-ring (bicyclic) bond motifs is 1. The number of amides is 1. The topological polar surface area (TPSA) is 77.2 Å². The van der Waals surface area contributed by atoms with Crippen LogP contribution in [0, 0.1) is 12.7 Å². The monoisotopic (exact) mass is 329 g/mol. The Bertz CT molecular complexity index is 878. The van der Waals surface area contributed by atoms with Crippen molar-refractivity contribution in [2.24, 2.45) is 0 Å². The molecular formula is C17H16FN3O3. The van der Waals surface area contributed by atoms with E-state index in [9.17, 15) is 9.18 Å². The highest BCUT2D eigenvalue weighted by molar-refractivity contribution is 5.95. The fourth-order valence-electron chi connectivity index (χ4n) is 2.25. The van der Waals surface area contributed by atoms with Gasteiger partial charge in [-0.2, -0.15) is 0 Å². The minimum atomic E-state index is -0.818. The Labute approximate surface area is 137 Å². The van der Waals surface area contributed by atoms with Crippen molar-refractivity contribution in [3.8, 4) is 5.75 Å². The molecule has 0 saturated heterocycles. The summed E-state index contributed by atoms with van der Waals surface area (Å²) in [4.78, 5) is 16.5. The van der Waals surface area contributed by atoms with Crippen molar-refractivity contribution in [2.75, 3.05) is 5.32 Å². The fourth-order valence-corrected chi connectivity index (χ4v) is 2.25. The second-order valence-electron chi connectivity index (χ2n) is 5.28. The van der Waals surface area contributed by atoms with E-state index in [0.717, 1.165) is 5.39 Å². The molecule has 2 heterocycles. The number of nitrogens with zero attached hydrogens (tertiary/aromatic N) is 2. The number of aromatic nitrogens is 2. The second kappa shape index (κ2) is 6.66. The molecule has 1 N–H and O–H groups in total. The van der Waals surface area contributed by atoms with E-state index in [0.29, 0.717) is 23.5 Å². The fraction of sp³-hybridized carbons (Fsp3) is 0.235. The maximum Gasteiger partial charge on any atom is 0.265 e. The SMILES string of the molecule is CC[C@H](Oc1ccccc1F)C(=O)Nc1cnc2onc(C)c2c1.